The Kier molecular flexibility index (Phi) is 4.20. The van der Waals surface area contributed by atoms with Crippen molar-refractivity contribution < 1.29 is 0 Å². The van der Waals surface area contributed by atoms with E-state index in [4.69, 9.17) is 0 Å². The Bertz CT molecular complexity index is 969. The second-order valence-corrected chi connectivity index (χ2v) is 6.04. The predicted molar refractivity (Wildman–Crippen MR) is 92.1 cm³/mol. The molecule has 2 aromatic heterocycles. The molecule has 0 bridgehead atoms. The molecule has 6 nitrogen and oxygen atoms in total. The Morgan fingerprint density at radius 1 is 1.30 bits per heavy atom. The smallest absolute Gasteiger partial charge is 0.300 e. The first-order valence-corrected chi connectivity index (χ1v) is 8.07. The van der Waals surface area contributed by atoms with E-state index in [2.05, 4.69) is 16.5 Å². The molecule has 0 fully saturated rings. The topological polar surface area (TPSA) is 72.7 Å². The lowest BCUT2D eigenvalue weighted by atomic mass is 10.2. The minimum Gasteiger partial charge on any atom is -0.300 e. The average Bonchev–Trinajstić information content (AvgIpc) is 2.91. The van der Waals surface area contributed by atoms with Gasteiger partial charge in [0.25, 0.3) is 5.56 Å². The number of hydrogen-bond donors (Lipinski definition) is 1. The fraction of sp³-hybridized carbons (Fsp3) is 0.188. The maximum atomic E-state index is 12.1. The molecule has 2 heterocycles. The lowest BCUT2D eigenvalue weighted by Gasteiger charge is -2.10. The fourth-order valence-electron chi connectivity index (χ4n) is 2.41. The number of fused-ring (bicyclic) bond motifs is 1. The quantitative estimate of drug-likeness (QED) is 0.572. The molecule has 0 atom stereocenters. The average molecular weight is 328 g/mol. The summed E-state index contributed by atoms with van der Waals surface area (Å²) >= 11 is 1.48. The van der Waals surface area contributed by atoms with Crippen LogP contribution in [0.2, 0.25) is 0 Å². The Morgan fingerprint density at radius 3 is 2.74 bits per heavy atom. The minimum atomic E-state index is -0.463. The van der Waals surface area contributed by atoms with Crippen molar-refractivity contribution >= 4 is 22.9 Å². The van der Waals surface area contributed by atoms with E-state index in [1.165, 1.54) is 16.3 Å². The van der Waals surface area contributed by atoms with Gasteiger partial charge in [-0.1, -0.05) is 48.2 Å². The molecule has 0 aliphatic rings. The number of thioether (sulfide) groups is 1. The van der Waals surface area contributed by atoms with Gasteiger partial charge in [0.05, 0.1) is 6.54 Å². The van der Waals surface area contributed by atoms with E-state index < -0.39 is 11.2 Å². The van der Waals surface area contributed by atoms with E-state index in [0.717, 1.165) is 5.56 Å². The van der Waals surface area contributed by atoms with Gasteiger partial charge in [0.15, 0.2) is 16.3 Å². The maximum Gasteiger partial charge on any atom is 0.329 e. The summed E-state index contributed by atoms with van der Waals surface area (Å²) in [7, 11) is 1.63. The first kappa shape index (κ1) is 15.4. The molecular weight excluding hydrogens is 312 g/mol. The number of benzene rings is 1. The van der Waals surface area contributed by atoms with Gasteiger partial charge in [-0.25, -0.2) is 9.78 Å². The first-order chi connectivity index (χ1) is 11.1. The minimum absolute atomic E-state index is 0.273. The van der Waals surface area contributed by atoms with Crippen molar-refractivity contribution in [2.45, 2.75) is 11.7 Å². The second-order valence-electron chi connectivity index (χ2n) is 5.06. The van der Waals surface area contributed by atoms with Crippen molar-refractivity contribution in [1.82, 2.24) is 19.1 Å². The standard InChI is InChI=1S/C16H16N4O2S/c1-3-9-23-16-17-12-13(21)18-15(22)19(2)14(12)20(16)10-11-7-5-4-6-8-11/h3-8H,1,9-10H2,2H3,(H,18,21,22). The molecule has 3 rings (SSSR count). The number of H-pyrrole nitrogens is 1. The van der Waals surface area contributed by atoms with E-state index in [9.17, 15) is 9.59 Å². The van der Waals surface area contributed by atoms with E-state index in [1.54, 1.807) is 13.1 Å². The number of nitrogens with one attached hydrogen (secondary N) is 1. The van der Waals surface area contributed by atoms with Gasteiger partial charge in [0, 0.05) is 12.8 Å². The molecule has 7 heteroatoms. The van der Waals surface area contributed by atoms with Crippen molar-refractivity contribution in [3.63, 3.8) is 0 Å². The number of nitrogens with zero attached hydrogens (tertiary/aromatic N) is 3. The SMILES string of the molecule is C=CCSc1nc2c(=O)[nH]c(=O)n(C)c2n1Cc1ccccc1. The Morgan fingerprint density at radius 2 is 2.04 bits per heavy atom. The van der Waals surface area contributed by atoms with Gasteiger partial charge in [-0.15, -0.1) is 6.58 Å². The van der Waals surface area contributed by atoms with Crippen LogP contribution in [-0.2, 0) is 13.6 Å². The zero-order valence-corrected chi connectivity index (χ0v) is 13.5. The summed E-state index contributed by atoms with van der Waals surface area (Å²) in [4.78, 5) is 30.7. The zero-order chi connectivity index (χ0) is 16.4. The van der Waals surface area contributed by atoms with Crippen LogP contribution in [0.1, 0.15) is 5.56 Å². The molecule has 23 heavy (non-hydrogen) atoms. The molecule has 0 aliphatic heterocycles. The van der Waals surface area contributed by atoms with Gasteiger partial charge < -0.3 is 4.57 Å². The number of aromatic nitrogens is 4. The van der Waals surface area contributed by atoms with Gasteiger partial charge in [0.2, 0.25) is 0 Å². The van der Waals surface area contributed by atoms with Crippen LogP contribution >= 0.6 is 11.8 Å². The summed E-state index contributed by atoms with van der Waals surface area (Å²) in [6.45, 7) is 4.25. The third kappa shape index (κ3) is 2.87. The van der Waals surface area contributed by atoms with Crippen LogP contribution in [-0.4, -0.2) is 24.9 Å². The third-order valence-electron chi connectivity index (χ3n) is 3.48. The molecule has 3 aromatic rings. The van der Waals surface area contributed by atoms with Crippen LogP contribution in [0.4, 0.5) is 0 Å². The van der Waals surface area contributed by atoms with Gasteiger partial charge >= 0.3 is 5.69 Å². The first-order valence-electron chi connectivity index (χ1n) is 7.09. The van der Waals surface area contributed by atoms with E-state index in [1.807, 2.05) is 34.9 Å². The highest BCUT2D eigenvalue weighted by Gasteiger charge is 2.17. The summed E-state index contributed by atoms with van der Waals surface area (Å²) in [5, 5.41) is 0.690. The largest absolute Gasteiger partial charge is 0.329 e. The molecule has 0 amide bonds. The number of aromatic amines is 1. The van der Waals surface area contributed by atoms with Crippen LogP contribution in [0.3, 0.4) is 0 Å². The van der Waals surface area contributed by atoms with E-state index in [-0.39, 0.29) is 5.52 Å². The summed E-state index contributed by atoms with van der Waals surface area (Å²) < 4.78 is 3.32. The zero-order valence-electron chi connectivity index (χ0n) is 12.7. The van der Waals surface area contributed by atoms with Gasteiger partial charge in [-0.05, 0) is 5.56 Å². The summed E-state index contributed by atoms with van der Waals surface area (Å²) in [6.07, 6.45) is 1.78. The van der Waals surface area contributed by atoms with Crippen molar-refractivity contribution in [3.8, 4) is 0 Å². The van der Waals surface area contributed by atoms with Gasteiger partial charge in [-0.2, -0.15) is 0 Å². The molecule has 1 aromatic carbocycles. The molecule has 0 spiro atoms. The molecule has 0 radical (unpaired) electrons. The summed E-state index contributed by atoms with van der Waals surface area (Å²) in [5.41, 5.74) is 0.955. The van der Waals surface area contributed by atoms with E-state index >= 15 is 0 Å². The highest BCUT2D eigenvalue weighted by Crippen LogP contribution is 2.22. The highest BCUT2D eigenvalue weighted by atomic mass is 32.2. The second kappa shape index (κ2) is 6.29. The normalized spacial score (nSPS) is 11.0. The van der Waals surface area contributed by atoms with Crippen molar-refractivity contribution in [2.75, 3.05) is 5.75 Å². The van der Waals surface area contributed by atoms with Crippen LogP contribution in [0.5, 0.6) is 0 Å². The molecule has 0 unspecified atom stereocenters. The Hall–Kier alpha value is -2.54. The maximum absolute atomic E-state index is 12.1. The third-order valence-corrected chi connectivity index (χ3v) is 4.45. The number of imidazole rings is 1. The molecular formula is C16H16N4O2S. The van der Waals surface area contributed by atoms with Crippen molar-refractivity contribution in [3.05, 3.63) is 69.4 Å². The molecule has 118 valence electrons. The van der Waals surface area contributed by atoms with Crippen LogP contribution < -0.4 is 11.2 Å². The Labute approximate surface area is 136 Å². The van der Waals surface area contributed by atoms with Gasteiger partial charge in [0.1, 0.15) is 0 Å². The van der Waals surface area contributed by atoms with Gasteiger partial charge in [-0.3, -0.25) is 14.3 Å². The highest BCUT2D eigenvalue weighted by molar-refractivity contribution is 7.99. The number of aryl methyl sites for hydroxylation is 1. The number of hydrogen-bond acceptors (Lipinski definition) is 4. The van der Waals surface area contributed by atoms with Crippen LogP contribution in [0.15, 0.2) is 57.7 Å². The van der Waals surface area contributed by atoms with Crippen molar-refractivity contribution in [1.29, 1.82) is 0 Å². The molecule has 0 saturated heterocycles. The van der Waals surface area contributed by atoms with Crippen LogP contribution in [0, 0.1) is 0 Å². The van der Waals surface area contributed by atoms with E-state index in [0.29, 0.717) is 23.1 Å². The predicted octanol–water partition coefficient (Wildman–Crippen LogP) is 1.75. The summed E-state index contributed by atoms with van der Waals surface area (Å²) in [6, 6.07) is 9.86. The molecule has 0 saturated carbocycles. The lowest BCUT2D eigenvalue weighted by Crippen LogP contribution is -2.29. The molecule has 1 N–H and O–H groups in total. The number of rotatable bonds is 5. The van der Waals surface area contributed by atoms with Crippen molar-refractivity contribution in [2.24, 2.45) is 7.05 Å². The molecule has 0 aliphatic carbocycles. The lowest BCUT2D eigenvalue weighted by molar-refractivity contribution is 0.696. The van der Waals surface area contributed by atoms with Crippen LogP contribution in [0.25, 0.3) is 11.2 Å². The summed E-state index contributed by atoms with van der Waals surface area (Å²) in [5.74, 6) is 0.671. The fourth-order valence-corrected chi connectivity index (χ4v) is 3.13. The monoisotopic (exact) mass is 328 g/mol. The Balaban J connectivity index is 2.24.